The van der Waals surface area contributed by atoms with E-state index in [0.717, 1.165) is 18.7 Å². The van der Waals surface area contributed by atoms with Gasteiger partial charge in [0.25, 0.3) is 5.91 Å². The van der Waals surface area contributed by atoms with Crippen molar-refractivity contribution in [2.45, 2.75) is 32.7 Å². The van der Waals surface area contributed by atoms with Crippen LogP contribution in [-0.2, 0) is 6.54 Å². The highest BCUT2D eigenvalue weighted by atomic mass is 19.1. The fraction of sp³-hybridized carbons (Fsp3) is 0.417. The summed E-state index contributed by atoms with van der Waals surface area (Å²) in [6.45, 7) is 4.81. The van der Waals surface area contributed by atoms with Crippen LogP contribution in [0.2, 0.25) is 0 Å². The molecule has 2 aromatic rings. The molecule has 2 aromatic carbocycles. The smallest absolute Gasteiger partial charge is 0.317 e. The molecule has 0 saturated carbocycles. The molecule has 0 bridgehead atoms. The van der Waals surface area contributed by atoms with Gasteiger partial charge in [0.15, 0.2) is 0 Å². The van der Waals surface area contributed by atoms with Gasteiger partial charge >= 0.3 is 6.03 Å². The first kappa shape index (κ1) is 22.6. The molecule has 2 N–H and O–H groups in total. The molecule has 6 nitrogen and oxygen atoms in total. The summed E-state index contributed by atoms with van der Waals surface area (Å²) in [4.78, 5) is 28.6. The van der Waals surface area contributed by atoms with Gasteiger partial charge in [-0.05, 0) is 55.5 Å². The SMILES string of the molecule is Cc1ccc(C(=O)NCCNC(=O)N(C)Cc2ccccc2N2CCCCC2)cc1F. The molecule has 0 atom stereocenters. The predicted octanol–water partition coefficient (Wildman–Crippen LogP) is 3.70. The Bertz CT molecular complexity index is 912. The molecule has 1 fully saturated rings. The third kappa shape index (κ3) is 6.20. The molecule has 7 heteroatoms. The highest BCUT2D eigenvalue weighted by Crippen LogP contribution is 2.25. The number of nitrogens with zero attached hydrogens (tertiary/aromatic N) is 2. The molecule has 1 saturated heterocycles. The number of aryl methyl sites for hydroxylation is 1. The number of anilines is 1. The lowest BCUT2D eigenvalue weighted by Crippen LogP contribution is -2.41. The van der Waals surface area contributed by atoms with E-state index in [9.17, 15) is 14.0 Å². The summed E-state index contributed by atoms with van der Waals surface area (Å²) in [6, 6.07) is 12.4. The number of piperidine rings is 1. The third-order valence-corrected chi connectivity index (χ3v) is 5.56. The lowest BCUT2D eigenvalue weighted by atomic mass is 10.1. The van der Waals surface area contributed by atoms with Gasteiger partial charge in [-0.25, -0.2) is 9.18 Å². The highest BCUT2D eigenvalue weighted by Gasteiger charge is 2.16. The van der Waals surface area contributed by atoms with E-state index in [4.69, 9.17) is 0 Å². The number of hydrogen-bond acceptors (Lipinski definition) is 3. The van der Waals surface area contributed by atoms with Crippen molar-refractivity contribution in [1.82, 2.24) is 15.5 Å². The number of nitrogens with one attached hydrogen (secondary N) is 2. The van der Waals surface area contributed by atoms with E-state index in [1.54, 1.807) is 31.0 Å². The summed E-state index contributed by atoms with van der Waals surface area (Å²) < 4.78 is 13.6. The number of halogens is 1. The molecule has 1 heterocycles. The van der Waals surface area contributed by atoms with Gasteiger partial charge in [-0.1, -0.05) is 24.3 Å². The van der Waals surface area contributed by atoms with Gasteiger partial charge in [0.2, 0.25) is 0 Å². The molecule has 3 rings (SSSR count). The molecule has 31 heavy (non-hydrogen) atoms. The van der Waals surface area contributed by atoms with E-state index in [-0.39, 0.29) is 30.6 Å². The van der Waals surface area contributed by atoms with Crippen LogP contribution >= 0.6 is 0 Å². The standard InChI is InChI=1S/C24H31FN4O2/c1-18-10-11-19(16-21(18)25)23(30)26-12-13-27-24(31)28(2)17-20-8-4-5-9-22(20)29-14-6-3-7-15-29/h4-5,8-11,16H,3,6-7,12-15,17H2,1-2H3,(H,26,30)(H,27,31). The van der Waals surface area contributed by atoms with Crippen LogP contribution in [0.3, 0.4) is 0 Å². The molecule has 0 unspecified atom stereocenters. The lowest BCUT2D eigenvalue weighted by Gasteiger charge is -2.31. The van der Waals surface area contributed by atoms with Crippen LogP contribution in [0, 0.1) is 12.7 Å². The zero-order valence-electron chi connectivity index (χ0n) is 18.3. The molecule has 1 aliphatic rings. The van der Waals surface area contributed by atoms with E-state index in [2.05, 4.69) is 27.7 Å². The first-order valence-electron chi connectivity index (χ1n) is 10.8. The van der Waals surface area contributed by atoms with Gasteiger partial charge in [0.05, 0.1) is 0 Å². The van der Waals surface area contributed by atoms with E-state index in [0.29, 0.717) is 12.1 Å². The normalized spacial score (nSPS) is 13.6. The second kappa shape index (κ2) is 10.8. The van der Waals surface area contributed by atoms with Crippen molar-refractivity contribution in [2.24, 2.45) is 0 Å². The van der Waals surface area contributed by atoms with Crippen molar-refractivity contribution in [3.8, 4) is 0 Å². The minimum atomic E-state index is -0.410. The average Bonchev–Trinajstić information content (AvgIpc) is 2.79. The van der Waals surface area contributed by atoms with E-state index >= 15 is 0 Å². The summed E-state index contributed by atoms with van der Waals surface area (Å²) >= 11 is 0. The molecule has 0 radical (unpaired) electrons. The number of amides is 3. The van der Waals surface area contributed by atoms with Gasteiger partial charge in [-0.15, -0.1) is 0 Å². The van der Waals surface area contributed by atoms with Crippen LogP contribution in [0.15, 0.2) is 42.5 Å². The highest BCUT2D eigenvalue weighted by molar-refractivity contribution is 5.94. The van der Waals surface area contributed by atoms with E-state index < -0.39 is 5.82 Å². The van der Waals surface area contributed by atoms with Crippen molar-refractivity contribution in [2.75, 3.05) is 38.1 Å². The minimum Gasteiger partial charge on any atom is -0.371 e. The maximum atomic E-state index is 13.6. The summed E-state index contributed by atoms with van der Waals surface area (Å²) in [7, 11) is 1.76. The topological polar surface area (TPSA) is 64.7 Å². The Kier molecular flexibility index (Phi) is 7.87. The van der Waals surface area contributed by atoms with Gasteiger partial charge in [-0.2, -0.15) is 0 Å². The second-order valence-electron chi connectivity index (χ2n) is 7.98. The Hall–Kier alpha value is -3.09. The fourth-order valence-electron chi connectivity index (χ4n) is 3.73. The summed E-state index contributed by atoms with van der Waals surface area (Å²) in [5, 5.41) is 5.51. The minimum absolute atomic E-state index is 0.205. The second-order valence-corrected chi connectivity index (χ2v) is 7.98. The quantitative estimate of drug-likeness (QED) is 0.664. The van der Waals surface area contributed by atoms with Crippen LogP contribution in [0.25, 0.3) is 0 Å². The molecule has 166 valence electrons. The van der Waals surface area contributed by atoms with Gasteiger partial charge in [0, 0.05) is 51.0 Å². The lowest BCUT2D eigenvalue weighted by molar-refractivity contribution is 0.0953. The number of benzene rings is 2. The summed E-state index contributed by atoms with van der Waals surface area (Å²) in [5.74, 6) is -0.774. The Morgan fingerprint density at radius 1 is 1.03 bits per heavy atom. The van der Waals surface area contributed by atoms with E-state index in [1.165, 1.54) is 31.0 Å². The van der Waals surface area contributed by atoms with Crippen LogP contribution in [0.4, 0.5) is 14.9 Å². The number of hydrogen-bond donors (Lipinski definition) is 2. The van der Waals surface area contributed by atoms with Crippen molar-refractivity contribution in [3.05, 3.63) is 65.0 Å². The van der Waals surface area contributed by atoms with Crippen molar-refractivity contribution in [1.29, 1.82) is 0 Å². The van der Waals surface area contributed by atoms with Crippen LogP contribution in [0.1, 0.15) is 40.7 Å². The van der Waals surface area contributed by atoms with Gasteiger partial charge < -0.3 is 20.4 Å². The number of rotatable bonds is 7. The van der Waals surface area contributed by atoms with Crippen molar-refractivity contribution < 1.29 is 14.0 Å². The van der Waals surface area contributed by atoms with Crippen LogP contribution in [0.5, 0.6) is 0 Å². The molecule has 0 spiro atoms. The summed E-state index contributed by atoms with van der Waals surface area (Å²) in [6.07, 6.45) is 3.67. The molecule has 1 aliphatic heterocycles. The van der Waals surface area contributed by atoms with Gasteiger partial charge in [-0.3, -0.25) is 4.79 Å². The number of para-hydroxylation sites is 1. The van der Waals surface area contributed by atoms with E-state index in [1.807, 2.05) is 12.1 Å². The Labute approximate surface area is 183 Å². The Balaban J connectivity index is 1.46. The number of carbonyl (C=O) groups excluding carboxylic acids is 2. The third-order valence-electron chi connectivity index (χ3n) is 5.56. The fourth-order valence-corrected chi connectivity index (χ4v) is 3.73. The first-order chi connectivity index (χ1) is 15.0. The molecule has 0 aliphatic carbocycles. The number of urea groups is 1. The monoisotopic (exact) mass is 426 g/mol. The van der Waals surface area contributed by atoms with Crippen molar-refractivity contribution >= 4 is 17.6 Å². The summed E-state index contributed by atoms with van der Waals surface area (Å²) in [5.41, 5.74) is 3.07. The predicted molar refractivity (Wildman–Crippen MR) is 121 cm³/mol. The Morgan fingerprint density at radius 2 is 1.74 bits per heavy atom. The average molecular weight is 427 g/mol. The Morgan fingerprint density at radius 3 is 2.48 bits per heavy atom. The molecule has 3 amide bonds. The van der Waals surface area contributed by atoms with Crippen LogP contribution in [-0.4, -0.2) is 50.1 Å². The zero-order chi connectivity index (χ0) is 22.2. The zero-order valence-corrected chi connectivity index (χ0v) is 18.3. The largest absolute Gasteiger partial charge is 0.371 e. The molecular weight excluding hydrogens is 395 g/mol. The molecule has 0 aromatic heterocycles. The maximum Gasteiger partial charge on any atom is 0.317 e. The maximum absolute atomic E-state index is 13.6. The molecular formula is C24H31FN4O2. The van der Waals surface area contributed by atoms with Crippen LogP contribution < -0.4 is 15.5 Å². The van der Waals surface area contributed by atoms with Crippen molar-refractivity contribution in [3.63, 3.8) is 0 Å². The van der Waals surface area contributed by atoms with Gasteiger partial charge in [0.1, 0.15) is 5.82 Å². The first-order valence-corrected chi connectivity index (χ1v) is 10.8. The number of carbonyl (C=O) groups is 2.